The normalized spacial score (nSPS) is 20.9. The Morgan fingerprint density at radius 3 is 2.77 bits per heavy atom. The highest BCUT2D eigenvalue weighted by atomic mass is 19.1. The van der Waals surface area contributed by atoms with Crippen molar-refractivity contribution in [2.75, 3.05) is 26.3 Å². The maximum Gasteiger partial charge on any atom is 0.259 e. The number of ether oxygens (including phenoxy) is 1. The first kappa shape index (κ1) is 16.4. The van der Waals surface area contributed by atoms with E-state index in [1.54, 1.807) is 6.92 Å². The van der Waals surface area contributed by atoms with Crippen molar-refractivity contribution in [3.05, 3.63) is 35.9 Å². The van der Waals surface area contributed by atoms with Gasteiger partial charge in [0.25, 0.3) is 5.91 Å². The lowest BCUT2D eigenvalue weighted by Crippen LogP contribution is -2.46. The number of hydrogen-bond acceptors (Lipinski definition) is 3. The minimum atomic E-state index is -2.02. The highest BCUT2D eigenvalue weighted by Gasteiger charge is 2.46. The standard InChI is InChI=1S/C16H21FN2O3/c1-2-22-11-14(20)19-9-8-16(17,12-19)15(21)18-10-13-6-4-3-5-7-13/h3-7H,2,8-12H2,1H3,(H,18,21). The van der Waals surface area contributed by atoms with Gasteiger partial charge in [0.2, 0.25) is 11.6 Å². The molecule has 5 nitrogen and oxygen atoms in total. The second-order valence-electron chi connectivity index (χ2n) is 5.34. The molecule has 1 unspecified atom stereocenters. The van der Waals surface area contributed by atoms with Crippen molar-refractivity contribution < 1.29 is 18.7 Å². The average Bonchev–Trinajstić information content (AvgIpc) is 2.95. The Morgan fingerprint density at radius 1 is 1.36 bits per heavy atom. The lowest BCUT2D eigenvalue weighted by molar-refractivity contribution is -0.137. The van der Waals surface area contributed by atoms with Gasteiger partial charge in [-0.2, -0.15) is 0 Å². The molecule has 1 N–H and O–H groups in total. The van der Waals surface area contributed by atoms with Crippen LogP contribution in [0.15, 0.2) is 30.3 Å². The number of benzene rings is 1. The Balaban J connectivity index is 1.86. The zero-order valence-electron chi connectivity index (χ0n) is 12.7. The van der Waals surface area contributed by atoms with E-state index in [1.807, 2.05) is 30.3 Å². The second-order valence-corrected chi connectivity index (χ2v) is 5.34. The molecule has 120 valence electrons. The fourth-order valence-corrected chi connectivity index (χ4v) is 2.39. The predicted octanol–water partition coefficient (Wildman–Crippen LogP) is 1.28. The maximum absolute atomic E-state index is 14.7. The van der Waals surface area contributed by atoms with Crippen molar-refractivity contribution in [1.29, 1.82) is 0 Å². The van der Waals surface area contributed by atoms with Gasteiger partial charge in [-0.15, -0.1) is 0 Å². The summed E-state index contributed by atoms with van der Waals surface area (Å²) >= 11 is 0. The van der Waals surface area contributed by atoms with Gasteiger partial charge in [-0.05, 0) is 12.5 Å². The number of carbonyl (C=O) groups excluding carboxylic acids is 2. The number of amides is 2. The van der Waals surface area contributed by atoms with Crippen LogP contribution in [-0.2, 0) is 20.9 Å². The number of likely N-dealkylation sites (tertiary alicyclic amines) is 1. The third-order valence-electron chi connectivity index (χ3n) is 3.70. The molecule has 1 aliphatic rings. The largest absolute Gasteiger partial charge is 0.372 e. The Kier molecular flexibility index (Phi) is 5.49. The number of nitrogens with zero attached hydrogens (tertiary/aromatic N) is 1. The Bertz CT molecular complexity index is 523. The minimum absolute atomic E-state index is 0.0193. The van der Waals surface area contributed by atoms with E-state index in [0.29, 0.717) is 6.61 Å². The summed E-state index contributed by atoms with van der Waals surface area (Å²) in [5.74, 6) is -0.944. The number of alkyl halides is 1. The molecule has 22 heavy (non-hydrogen) atoms. The quantitative estimate of drug-likeness (QED) is 0.861. The van der Waals surface area contributed by atoms with Crippen LogP contribution in [0.4, 0.5) is 4.39 Å². The van der Waals surface area contributed by atoms with Crippen molar-refractivity contribution in [3.8, 4) is 0 Å². The SMILES string of the molecule is CCOCC(=O)N1CCC(F)(C(=O)NCc2ccccc2)C1. The Morgan fingerprint density at radius 2 is 2.09 bits per heavy atom. The number of carbonyl (C=O) groups is 2. The summed E-state index contributed by atoms with van der Waals surface area (Å²) in [7, 11) is 0. The van der Waals surface area contributed by atoms with E-state index in [4.69, 9.17) is 4.74 Å². The van der Waals surface area contributed by atoms with Crippen molar-refractivity contribution in [2.45, 2.75) is 25.6 Å². The van der Waals surface area contributed by atoms with Crippen molar-refractivity contribution in [2.24, 2.45) is 0 Å². The van der Waals surface area contributed by atoms with Gasteiger partial charge < -0.3 is 15.0 Å². The summed E-state index contributed by atoms with van der Waals surface area (Å²) in [5, 5.41) is 2.60. The number of rotatable bonds is 6. The van der Waals surface area contributed by atoms with Crippen LogP contribution in [0.5, 0.6) is 0 Å². The number of hydrogen-bond donors (Lipinski definition) is 1. The molecule has 2 amide bonds. The molecule has 1 aromatic carbocycles. The third-order valence-corrected chi connectivity index (χ3v) is 3.70. The van der Waals surface area contributed by atoms with E-state index in [2.05, 4.69) is 5.32 Å². The van der Waals surface area contributed by atoms with Gasteiger partial charge in [0.15, 0.2) is 0 Å². The van der Waals surface area contributed by atoms with Gasteiger partial charge in [0.1, 0.15) is 6.61 Å². The molecule has 1 aromatic rings. The van der Waals surface area contributed by atoms with Gasteiger partial charge in [-0.3, -0.25) is 9.59 Å². The van der Waals surface area contributed by atoms with Crippen molar-refractivity contribution in [1.82, 2.24) is 10.2 Å². The Labute approximate surface area is 129 Å². The molecule has 0 radical (unpaired) electrons. The minimum Gasteiger partial charge on any atom is -0.372 e. The van der Waals surface area contributed by atoms with Crippen LogP contribution >= 0.6 is 0 Å². The van der Waals surface area contributed by atoms with Gasteiger partial charge in [0.05, 0.1) is 6.54 Å². The summed E-state index contributed by atoms with van der Waals surface area (Å²) in [6, 6.07) is 9.31. The molecule has 0 aromatic heterocycles. The third kappa shape index (κ3) is 4.04. The highest BCUT2D eigenvalue weighted by Crippen LogP contribution is 2.26. The molecular formula is C16H21FN2O3. The van der Waals surface area contributed by atoms with E-state index < -0.39 is 11.6 Å². The number of nitrogens with one attached hydrogen (secondary N) is 1. The zero-order valence-corrected chi connectivity index (χ0v) is 12.7. The molecule has 1 fully saturated rings. The van der Waals surface area contributed by atoms with Gasteiger partial charge in [-0.25, -0.2) is 4.39 Å². The molecular weight excluding hydrogens is 287 g/mol. The highest BCUT2D eigenvalue weighted by molar-refractivity contribution is 5.87. The first-order valence-electron chi connectivity index (χ1n) is 7.42. The monoisotopic (exact) mass is 308 g/mol. The average molecular weight is 308 g/mol. The van der Waals surface area contributed by atoms with Gasteiger partial charge in [-0.1, -0.05) is 30.3 Å². The Hall–Kier alpha value is -1.95. The molecule has 6 heteroatoms. The van der Waals surface area contributed by atoms with Gasteiger partial charge >= 0.3 is 0 Å². The van der Waals surface area contributed by atoms with E-state index in [-0.39, 0.29) is 38.6 Å². The second kappa shape index (κ2) is 7.35. The molecule has 1 atom stereocenters. The molecule has 1 aliphatic heterocycles. The van der Waals surface area contributed by atoms with Crippen LogP contribution in [0.25, 0.3) is 0 Å². The zero-order chi connectivity index (χ0) is 16.0. The molecule has 0 spiro atoms. The molecule has 1 heterocycles. The molecule has 0 saturated carbocycles. The van der Waals surface area contributed by atoms with E-state index >= 15 is 0 Å². The maximum atomic E-state index is 14.7. The summed E-state index contributed by atoms with van der Waals surface area (Å²) < 4.78 is 19.7. The van der Waals surface area contributed by atoms with E-state index in [1.165, 1.54) is 4.90 Å². The first-order valence-corrected chi connectivity index (χ1v) is 7.42. The number of halogens is 1. The van der Waals surface area contributed by atoms with Crippen LogP contribution in [0, 0.1) is 0 Å². The summed E-state index contributed by atoms with van der Waals surface area (Å²) in [6.45, 7) is 2.45. The first-order chi connectivity index (χ1) is 10.5. The topological polar surface area (TPSA) is 58.6 Å². The molecule has 0 bridgehead atoms. The fourth-order valence-electron chi connectivity index (χ4n) is 2.39. The smallest absolute Gasteiger partial charge is 0.259 e. The fraction of sp³-hybridized carbons (Fsp3) is 0.500. The molecule has 1 saturated heterocycles. The van der Waals surface area contributed by atoms with Crippen LogP contribution in [0.2, 0.25) is 0 Å². The van der Waals surface area contributed by atoms with Crippen LogP contribution in [-0.4, -0.2) is 48.7 Å². The van der Waals surface area contributed by atoms with Crippen LogP contribution in [0.1, 0.15) is 18.9 Å². The van der Waals surface area contributed by atoms with Crippen molar-refractivity contribution in [3.63, 3.8) is 0 Å². The lowest BCUT2D eigenvalue weighted by atomic mass is 10.0. The van der Waals surface area contributed by atoms with Crippen molar-refractivity contribution >= 4 is 11.8 Å². The summed E-state index contributed by atoms with van der Waals surface area (Å²) in [6.07, 6.45) is 0.0193. The summed E-state index contributed by atoms with van der Waals surface area (Å²) in [5.41, 5.74) is -1.11. The van der Waals surface area contributed by atoms with Gasteiger partial charge in [0, 0.05) is 26.1 Å². The summed E-state index contributed by atoms with van der Waals surface area (Å²) in [4.78, 5) is 25.2. The van der Waals surface area contributed by atoms with Crippen LogP contribution in [0.3, 0.4) is 0 Å². The molecule has 0 aliphatic carbocycles. The van der Waals surface area contributed by atoms with E-state index in [0.717, 1.165) is 5.56 Å². The van der Waals surface area contributed by atoms with Crippen LogP contribution < -0.4 is 5.32 Å². The van der Waals surface area contributed by atoms with E-state index in [9.17, 15) is 14.0 Å². The molecule has 2 rings (SSSR count). The predicted molar refractivity (Wildman–Crippen MR) is 79.8 cm³/mol. The lowest BCUT2D eigenvalue weighted by Gasteiger charge is -2.20.